The van der Waals surface area contributed by atoms with Crippen molar-refractivity contribution in [3.05, 3.63) is 31.4 Å². The summed E-state index contributed by atoms with van der Waals surface area (Å²) in [6.07, 6.45) is 8.00. The standard InChI is InChI=1S/C8H13N2/c1-4-8(2)10-6-5-9(3)7-10/h4-8H,1H2,2-3H3/q+1. The summed E-state index contributed by atoms with van der Waals surface area (Å²) >= 11 is 0. The van der Waals surface area contributed by atoms with Crippen LogP contribution < -0.4 is 4.57 Å². The van der Waals surface area contributed by atoms with Crippen molar-refractivity contribution in [3.8, 4) is 0 Å². The van der Waals surface area contributed by atoms with Crippen molar-refractivity contribution in [1.29, 1.82) is 0 Å². The van der Waals surface area contributed by atoms with Crippen LogP contribution in [0.3, 0.4) is 0 Å². The molecule has 0 aromatic carbocycles. The van der Waals surface area contributed by atoms with Crippen molar-refractivity contribution in [2.75, 3.05) is 0 Å². The molecule has 0 bridgehead atoms. The van der Waals surface area contributed by atoms with Gasteiger partial charge in [0.05, 0.1) is 7.05 Å². The molecule has 1 unspecified atom stereocenters. The molecule has 1 aromatic rings. The number of rotatable bonds is 2. The van der Waals surface area contributed by atoms with Crippen molar-refractivity contribution in [1.82, 2.24) is 4.57 Å². The van der Waals surface area contributed by atoms with Gasteiger partial charge in [0.25, 0.3) is 0 Å². The lowest BCUT2D eigenvalue weighted by atomic mass is 10.3. The van der Waals surface area contributed by atoms with Crippen LogP contribution >= 0.6 is 0 Å². The van der Waals surface area contributed by atoms with Crippen LogP contribution in [-0.4, -0.2) is 4.57 Å². The van der Waals surface area contributed by atoms with Gasteiger partial charge < -0.3 is 0 Å². The highest BCUT2D eigenvalue weighted by molar-refractivity contribution is 4.83. The van der Waals surface area contributed by atoms with Gasteiger partial charge in [-0.3, -0.25) is 0 Å². The number of hydrogen-bond donors (Lipinski definition) is 0. The van der Waals surface area contributed by atoms with E-state index in [4.69, 9.17) is 0 Å². The SMILES string of the molecule is C=CC(C)n1cc[n+](C)c1. The average molecular weight is 137 g/mol. The van der Waals surface area contributed by atoms with Crippen LogP contribution in [0.4, 0.5) is 0 Å². The topological polar surface area (TPSA) is 8.81 Å². The van der Waals surface area contributed by atoms with Crippen LogP contribution in [0.15, 0.2) is 31.4 Å². The maximum Gasteiger partial charge on any atom is 0.244 e. The number of aryl methyl sites for hydroxylation is 1. The van der Waals surface area contributed by atoms with E-state index < -0.39 is 0 Å². The van der Waals surface area contributed by atoms with Crippen LogP contribution in [0.2, 0.25) is 0 Å². The number of aromatic nitrogens is 2. The summed E-state index contributed by atoms with van der Waals surface area (Å²) in [6.45, 7) is 5.82. The molecule has 10 heavy (non-hydrogen) atoms. The molecule has 2 heteroatoms. The van der Waals surface area contributed by atoms with Crippen molar-refractivity contribution in [3.63, 3.8) is 0 Å². The number of nitrogens with zero attached hydrogens (tertiary/aromatic N) is 2. The molecule has 1 heterocycles. The third kappa shape index (κ3) is 1.26. The third-order valence-corrected chi connectivity index (χ3v) is 1.60. The van der Waals surface area contributed by atoms with Gasteiger partial charge in [-0.25, -0.2) is 9.13 Å². The van der Waals surface area contributed by atoms with Gasteiger partial charge in [0.15, 0.2) is 0 Å². The van der Waals surface area contributed by atoms with E-state index in [1.807, 2.05) is 36.4 Å². The fraction of sp³-hybridized carbons (Fsp3) is 0.375. The molecule has 0 aliphatic rings. The Morgan fingerprint density at radius 1 is 1.70 bits per heavy atom. The molecule has 0 amide bonds. The lowest BCUT2D eigenvalue weighted by molar-refractivity contribution is -0.671. The molecule has 1 aromatic heterocycles. The van der Waals surface area contributed by atoms with Crippen LogP contribution in [0.5, 0.6) is 0 Å². The first-order valence-electron chi connectivity index (χ1n) is 3.39. The van der Waals surface area contributed by atoms with E-state index in [0.717, 1.165) is 0 Å². The molecule has 0 aliphatic heterocycles. The van der Waals surface area contributed by atoms with Crippen molar-refractivity contribution >= 4 is 0 Å². The molecule has 0 radical (unpaired) electrons. The molecule has 0 fully saturated rings. The molecule has 0 spiro atoms. The molecular formula is C8H13N2+. The van der Waals surface area contributed by atoms with E-state index in [2.05, 4.69) is 18.1 Å². The Hall–Kier alpha value is -1.05. The van der Waals surface area contributed by atoms with Crippen LogP contribution in [-0.2, 0) is 7.05 Å². The van der Waals surface area contributed by atoms with E-state index in [1.165, 1.54) is 0 Å². The molecule has 0 aliphatic carbocycles. The number of allylic oxidation sites excluding steroid dienone is 1. The minimum atomic E-state index is 0.390. The van der Waals surface area contributed by atoms with Gasteiger partial charge in [-0.1, -0.05) is 6.58 Å². The fourth-order valence-corrected chi connectivity index (χ4v) is 0.832. The predicted molar refractivity (Wildman–Crippen MR) is 40.5 cm³/mol. The number of hydrogen-bond acceptors (Lipinski definition) is 0. The van der Waals surface area contributed by atoms with E-state index in [-0.39, 0.29) is 0 Å². The molecule has 54 valence electrons. The largest absolute Gasteiger partial charge is 0.244 e. The molecule has 2 nitrogen and oxygen atoms in total. The Bertz CT molecular complexity index is 225. The lowest BCUT2D eigenvalue weighted by Crippen LogP contribution is -2.24. The summed E-state index contributed by atoms with van der Waals surface area (Å²) in [5.41, 5.74) is 0. The highest BCUT2D eigenvalue weighted by Crippen LogP contribution is 2.02. The maximum atomic E-state index is 3.72. The zero-order valence-corrected chi connectivity index (χ0v) is 6.49. The molecule has 0 N–H and O–H groups in total. The van der Waals surface area contributed by atoms with Gasteiger partial charge in [0.1, 0.15) is 18.4 Å². The highest BCUT2D eigenvalue weighted by atomic mass is 15.1. The third-order valence-electron chi connectivity index (χ3n) is 1.60. The van der Waals surface area contributed by atoms with Crippen LogP contribution in [0.25, 0.3) is 0 Å². The number of imidazole rings is 1. The first-order valence-corrected chi connectivity index (χ1v) is 3.39. The second-order valence-electron chi connectivity index (χ2n) is 2.50. The minimum Gasteiger partial charge on any atom is -0.240 e. The Balaban J connectivity index is 2.84. The van der Waals surface area contributed by atoms with Gasteiger partial charge in [-0.05, 0) is 13.0 Å². The molecule has 0 saturated carbocycles. The predicted octanol–water partition coefficient (Wildman–Crippen LogP) is 1.06. The van der Waals surface area contributed by atoms with E-state index in [1.54, 1.807) is 0 Å². The van der Waals surface area contributed by atoms with Crippen LogP contribution in [0.1, 0.15) is 13.0 Å². The van der Waals surface area contributed by atoms with Gasteiger partial charge in [0, 0.05) is 0 Å². The second-order valence-corrected chi connectivity index (χ2v) is 2.50. The zero-order valence-electron chi connectivity index (χ0n) is 6.49. The smallest absolute Gasteiger partial charge is 0.240 e. The van der Waals surface area contributed by atoms with Gasteiger partial charge in [0.2, 0.25) is 6.33 Å². The lowest BCUT2D eigenvalue weighted by Gasteiger charge is -1.97. The Morgan fingerprint density at radius 2 is 2.40 bits per heavy atom. The summed E-state index contributed by atoms with van der Waals surface area (Å²) in [5, 5.41) is 0. The Kier molecular flexibility index (Phi) is 1.90. The minimum absolute atomic E-state index is 0.390. The summed E-state index contributed by atoms with van der Waals surface area (Å²) in [5.74, 6) is 0. The Labute approximate surface area is 61.4 Å². The van der Waals surface area contributed by atoms with Crippen molar-refractivity contribution in [2.24, 2.45) is 7.05 Å². The van der Waals surface area contributed by atoms with E-state index >= 15 is 0 Å². The molecular weight excluding hydrogens is 124 g/mol. The quantitative estimate of drug-likeness (QED) is 0.426. The second kappa shape index (κ2) is 2.69. The monoisotopic (exact) mass is 137 g/mol. The Morgan fingerprint density at radius 3 is 2.80 bits per heavy atom. The summed E-state index contributed by atoms with van der Waals surface area (Å²) in [4.78, 5) is 0. The molecule has 1 rings (SSSR count). The van der Waals surface area contributed by atoms with Gasteiger partial charge in [-0.2, -0.15) is 0 Å². The summed E-state index contributed by atoms with van der Waals surface area (Å²) in [7, 11) is 2.01. The molecule has 1 atom stereocenters. The normalized spacial score (nSPS) is 13.0. The van der Waals surface area contributed by atoms with Crippen molar-refractivity contribution < 1.29 is 4.57 Å². The zero-order chi connectivity index (χ0) is 7.56. The van der Waals surface area contributed by atoms with E-state index in [9.17, 15) is 0 Å². The van der Waals surface area contributed by atoms with Gasteiger partial charge >= 0.3 is 0 Å². The van der Waals surface area contributed by atoms with Crippen molar-refractivity contribution in [2.45, 2.75) is 13.0 Å². The van der Waals surface area contributed by atoms with E-state index in [0.29, 0.717) is 6.04 Å². The average Bonchev–Trinajstić information content (AvgIpc) is 2.34. The maximum absolute atomic E-state index is 3.72. The first kappa shape index (κ1) is 7.06. The van der Waals surface area contributed by atoms with Crippen LogP contribution in [0, 0.1) is 0 Å². The fourth-order valence-electron chi connectivity index (χ4n) is 0.832. The van der Waals surface area contributed by atoms with Gasteiger partial charge in [-0.15, -0.1) is 0 Å². The highest BCUT2D eigenvalue weighted by Gasteiger charge is 2.04. The summed E-state index contributed by atoms with van der Waals surface area (Å²) in [6, 6.07) is 0.390. The summed E-state index contributed by atoms with van der Waals surface area (Å²) < 4.78 is 4.12. The molecule has 0 saturated heterocycles. The first-order chi connectivity index (χ1) is 4.74.